The summed E-state index contributed by atoms with van der Waals surface area (Å²) in [4.78, 5) is 16.9. The Balaban J connectivity index is 1.75. The molecule has 6 heteroatoms. The van der Waals surface area contributed by atoms with Gasteiger partial charge in [0, 0.05) is 11.3 Å². The first-order chi connectivity index (χ1) is 9.72. The van der Waals surface area contributed by atoms with E-state index in [-0.39, 0.29) is 5.91 Å². The molecule has 2 heterocycles. The fourth-order valence-corrected chi connectivity index (χ4v) is 2.39. The van der Waals surface area contributed by atoms with Crippen LogP contribution >= 0.6 is 11.3 Å². The highest BCUT2D eigenvalue weighted by Gasteiger charge is 2.07. The zero-order valence-corrected chi connectivity index (χ0v) is 11.6. The van der Waals surface area contributed by atoms with Gasteiger partial charge in [0.15, 0.2) is 5.82 Å². The van der Waals surface area contributed by atoms with Crippen LogP contribution in [0.3, 0.4) is 0 Å². The van der Waals surface area contributed by atoms with E-state index in [9.17, 15) is 4.79 Å². The number of H-pyrrole nitrogens is 1. The minimum Gasteiger partial charge on any atom is -0.321 e. The number of aryl methyl sites for hydroxylation is 1. The van der Waals surface area contributed by atoms with Crippen LogP contribution in [-0.2, 0) is 0 Å². The van der Waals surface area contributed by atoms with Crippen molar-refractivity contribution >= 4 is 22.9 Å². The number of hydrogen-bond acceptors (Lipinski definition) is 4. The van der Waals surface area contributed by atoms with Gasteiger partial charge in [-0.25, -0.2) is 4.98 Å². The molecular formula is C14H12N4OS. The number of anilines is 1. The third-order valence-corrected chi connectivity index (χ3v) is 3.61. The second-order valence-electron chi connectivity index (χ2n) is 4.25. The van der Waals surface area contributed by atoms with Crippen LogP contribution in [0.1, 0.15) is 15.5 Å². The van der Waals surface area contributed by atoms with Gasteiger partial charge in [0.2, 0.25) is 0 Å². The summed E-state index contributed by atoms with van der Waals surface area (Å²) in [5.41, 5.74) is 1.66. The lowest BCUT2D eigenvalue weighted by atomic mass is 10.2. The first-order valence-corrected chi connectivity index (χ1v) is 6.94. The lowest BCUT2D eigenvalue weighted by Gasteiger charge is -2.04. The number of hydrogen-bond donors (Lipinski definition) is 2. The molecule has 0 spiro atoms. The van der Waals surface area contributed by atoms with Gasteiger partial charge in [0.25, 0.3) is 5.91 Å². The molecule has 1 amide bonds. The number of thiophene rings is 1. The van der Waals surface area contributed by atoms with Crippen LogP contribution in [0.2, 0.25) is 0 Å². The second kappa shape index (κ2) is 5.26. The van der Waals surface area contributed by atoms with Crippen LogP contribution in [0.25, 0.3) is 11.4 Å². The summed E-state index contributed by atoms with van der Waals surface area (Å²) in [5, 5.41) is 11.6. The first kappa shape index (κ1) is 12.6. The number of amides is 1. The summed E-state index contributed by atoms with van der Waals surface area (Å²) in [7, 11) is 0. The predicted molar refractivity (Wildman–Crippen MR) is 78.8 cm³/mol. The monoisotopic (exact) mass is 284 g/mol. The number of carbonyl (C=O) groups excluding carboxylic acids is 1. The Morgan fingerprint density at radius 3 is 2.65 bits per heavy atom. The smallest absolute Gasteiger partial charge is 0.265 e. The van der Waals surface area contributed by atoms with E-state index in [1.807, 2.05) is 42.6 Å². The van der Waals surface area contributed by atoms with Crippen LogP contribution in [0, 0.1) is 6.92 Å². The molecule has 0 saturated heterocycles. The quantitative estimate of drug-likeness (QED) is 0.776. The van der Waals surface area contributed by atoms with E-state index < -0.39 is 0 Å². The van der Waals surface area contributed by atoms with Gasteiger partial charge >= 0.3 is 0 Å². The van der Waals surface area contributed by atoms with Crippen molar-refractivity contribution in [3.8, 4) is 11.4 Å². The Morgan fingerprint density at radius 2 is 2.05 bits per heavy atom. The number of aromatic nitrogens is 3. The van der Waals surface area contributed by atoms with Gasteiger partial charge in [-0.1, -0.05) is 6.07 Å². The predicted octanol–water partition coefficient (Wildman–Crippen LogP) is 3.09. The molecule has 100 valence electrons. The second-order valence-corrected chi connectivity index (χ2v) is 5.20. The third-order valence-electron chi connectivity index (χ3n) is 2.74. The summed E-state index contributed by atoms with van der Waals surface area (Å²) >= 11 is 1.42. The topological polar surface area (TPSA) is 70.7 Å². The molecule has 0 aliphatic rings. The van der Waals surface area contributed by atoms with Crippen molar-refractivity contribution in [3.63, 3.8) is 0 Å². The molecule has 0 aliphatic heterocycles. The summed E-state index contributed by atoms with van der Waals surface area (Å²) < 4.78 is 0. The number of rotatable bonds is 3. The average molecular weight is 284 g/mol. The van der Waals surface area contributed by atoms with Gasteiger partial charge in [0.1, 0.15) is 5.82 Å². The van der Waals surface area contributed by atoms with Crippen molar-refractivity contribution in [3.05, 3.63) is 52.5 Å². The third kappa shape index (κ3) is 2.60. The van der Waals surface area contributed by atoms with Gasteiger partial charge in [0.05, 0.1) is 4.88 Å². The number of nitrogens with zero attached hydrogens (tertiary/aromatic N) is 2. The largest absolute Gasteiger partial charge is 0.321 e. The van der Waals surface area contributed by atoms with Crippen molar-refractivity contribution in [2.24, 2.45) is 0 Å². The Labute approximate surface area is 119 Å². The molecule has 3 aromatic rings. The highest BCUT2D eigenvalue weighted by molar-refractivity contribution is 7.12. The minimum atomic E-state index is -0.0958. The highest BCUT2D eigenvalue weighted by Crippen LogP contribution is 2.19. The molecule has 3 rings (SSSR count). The molecule has 0 aliphatic carbocycles. The standard InChI is InChI=1S/C14H12N4OS/c1-9-15-13(18-17-9)10-4-6-11(7-5-10)16-14(19)12-3-2-8-20-12/h2-8H,1H3,(H,16,19)(H,15,17,18). The van der Waals surface area contributed by atoms with E-state index in [1.165, 1.54) is 11.3 Å². The fourth-order valence-electron chi connectivity index (χ4n) is 1.77. The minimum absolute atomic E-state index is 0.0958. The van der Waals surface area contributed by atoms with Crippen molar-refractivity contribution < 1.29 is 4.79 Å². The van der Waals surface area contributed by atoms with Crippen molar-refractivity contribution in [2.75, 3.05) is 5.32 Å². The normalized spacial score (nSPS) is 10.4. The van der Waals surface area contributed by atoms with Gasteiger partial charge in [-0.3, -0.25) is 9.89 Å². The highest BCUT2D eigenvalue weighted by atomic mass is 32.1. The van der Waals surface area contributed by atoms with Crippen molar-refractivity contribution in [2.45, 2.75) is 6.92 Å². The summed E-state index contributed by atoms with van der Waals surface area (Å²) in [5.74, 6) is 1.33. The molecule has 0 fully saturated rings. The van der Waals surface area contributed by atoms with Gasteiger partial charge in [-0.2, -0.15) is 5.10 Å². The Kier molecular flexibility index (Phi) is 3.30. The van der Waals surface area contributed by atoms with E-state index in [2.05, 4.69) is 20.5 Å². The van der Waals surface area contributed by atoms with Crippen molar-refractivity contribution in [1.29, 1.82) is 0 Å². The fraction of sp³-hybridized carbons (Fsp3) is 0.0714. The summed E-state index contributed by atoms with van der Waals surface area (Å²) in [6.07, 6.45) is 0. The molecule has 20 heavy (non-hydrogen) atoms. The zero-order chi connectivity index (χ0) is 13.9. The number of carbonyl (C=O) groups is 1. The molecule has 0 saturated carbocycles. The Hall–Kier alpha value is -2.47. The van der Waals surface area contributed by atoms with E-state index in [4.69, 9.17) is 0 Å². The Bertz CT molecular complexity index is 716. The van der Waals surface area contributed by atoms with E-state index in [0.29, 0.717) is 10.7 Å². The number of benzene rings is 1. The van der Waals surface area contributed by atoms with Crippen LogP contribution in [0.15, 0.2) is 41.8 Å². The molecule has 0 unspecified atom stereocenters. The van der Waals surface area contributed by atoms with Crippen LogP contribution in [0.5, 0.6) is 0 Å². The SMILES string of the molecule is Cc1nc(-c2ccc(NC(=O)c3cccs3)cc2)n[nH]1. The first-order valence-electron chi connectivity index (χ1n) is 6.07. The van der Waals surface area contributed by atoms with E-state index in [1.54, 1.807) is 6.07 Å². The maximum atomic E-state index is 11.9. The molecule has 0 atom stereocenters. The Morgan fingerprint density at radius 1 is 1.25 bits per heavy atom. The molecule has 2 N–H and O–H groups in total. The molecule has 0 bridgehead atoms. The molecule has 5 nitrogen and oxygen atoms in total. The number of nitrogens with one attached hydrogen (secondary N) is 2. The van der Waals surface area contributed by atoms with Gasteiger partial charge < -0.3 is 5.32 Å². The van der Waals surface area contributed by atoms with Crippen LogP contribution < -0.4 is 5.32 Å². The zero-order valence-electron chi connectivity index (χ0n) is 10.8. The summed E-state index contributed by atoms with van der Waals surface area (Å²) in [6, 6.07) is 11.1. The average Bonchev–Trinajstić information content (AvgIpc) is 3.10. The molecule has 0 radical (unpaired) electrons. The molecular weight excluding hydrogens is 272 g/mol. The van der Waals surface area contributed by atoms with Crippen LogP contribution in [-0.4, -0.2) is 21.1 Å². The van der Waals surface area contributed by atoms with Gasteiger partial charge in [-0.05, 0) is 42.6 Å². The molecule has 1 aromatic carbocycles. The summed E-state index contributed by atoms with van der Waals surface area (Å²) in [6.45, 7) is 1.85. The maximum absolute atomic E-state index is 11.9. The molecule has 2 aromatic heterocycles. The van der Waals surface area contributed by atoms with Gasteiger partial charge in [-0.15, -0.1) is 11.3 Å². The van der Waals surface area contributed by atoms with E-state index >= 15 is 0 Å². The number of aromatic amines is 1. The maximum Gasteiger partial charge on any atom is 0.265 e. The lowest BCUT2D eigenvalue weighted by molar-refractivity contribution is 0.103. The van der Waals surface area contributed by atoms with E-state index in [0.717, 1.165) is 17.1 Å². The van der Waals surface area contributed by atoms with Crippen molar-refractivity contribution in [1.82, 2.24) is 15.2 Å². The van der Waals surface area contributed by atoms with Crippen LogP contribution in [0.4, 0.5) is 5.69 Å². The lowest BCUT2D eigenvalue weighted by Crippen LogP contribution is -2.09.